The summed E-state index contributed by atoms with van der Waals surface area (Å²) >= 11 is 0. The van der Waals surface area contributed by atoms with Gasteiger partial charge >= 0.3 is 12.2 Å². The van der Waals surface area contributed by atoms with Gasteiger partial charge < -0.3 is 46.9 Å². The maximum absolute atomic E-state index is 14.7. The molecule has 19 nitrogen and oxygen atoms in total. The number of alkyl carbamates (subject to hydrolysis) is 1. The van der Waals surface area contributed by atoms with E-state index in [9.17, 15) is 38.7 Å². The number of benzene rings is 3. The molecule has 4 aromatic rings. The van der Waals surface area contributed by atoms with Gasteiger partial charge in [-0.3, -0.25) is 24.0 Å². The first-order valence-electron chi connectivity index (χ1n) is 18.9. The summed E-state index contributed by atoms with van der Waals surface area (Å²) in [6.07, 6.45) is -0.488. The Kier molecular flexibility index (Phi) is 14.3. The summed E-state index contributed by atoms with van der Waals surface area (Å²) in [6.45, 7) is 2.34. The van der Waals surface area contributed by atoms with Crippen LogP contribution in [0.3, 0.4) is 0 Å². The number of nitrogens with one attached hydrogen (secondary N) is 4. The number of primary amides is 1. The Balaban J connectivity index is 1.43. The largest absolute Gasteiger partial charge is 0.465 e. The summed E-state index contributed by atoms with van der Waals surface area (Å²) in [5, 5.41) is 39.4. The van der Waals surface area contributed by atoms with E-state index in [1.165, 1.54) is 29.6 Å². The van der Waals surface area contributed by atoms with E-state index >= 15 is 0 Å². The van der Waals surface area contributed by atoms with Crippen LogP contribution < -0.4 is 27.0 Å². The molecule has 312 valence electrons. The molecule has 19 heteroatoms. The fourth-order valence-electron chi connectivity index (χ4n) is 6.74. The van der Waals surface area contributed by atoms with Crippen LogP contribution in [0.15, 0.2) is 79.0 Å². The Morgan fingerprint density at radius 1 is 0.915 bits per heavy atom. The maximum atomic E-state index is 14.7. The lowest BCUT2D eigenvalue weighted by atomic mass is 10.0. The molecule has 5 rings (SSSR count). The number of likely N-dealkylation sites (tertiary alicyclic amines) is 1. The molecule has 1 aromatic heterocycles. The van der Waals surface area contributed by atoms with Gasteiger partial charge in [-0.2, -0.15) is 0 Å². The van der Waals surface area contributed by atoms with Gasteiger partial charge in [0, 0.05) is 25.1 Å². The van der Waals surface area contributed by atoms with Crippen LogP contribution in [-0.4, -0.2) is 109 Å². The Bertz CT molecular complexity index is 2170. The Hall–Kier alpha value is -6.89. The highest BCUT2D eigenvalue weighted by atomic mass is 16.5. The number of amides is 6. The molecule has 4 atom stereocenters. The number of ether oxygens (including phenoxy) is 1. The highest BCUT2D eigenvalue weighted by Crippen LogP contribution is 2.32. The molecule has 1 fully saturated rings. The van der Waals surface area contributed by atoms with Crippen LogP contribution in [-0.2, 0) is 36.1 Å². The summed E-state index contributed by atoms with van der Waals surface area (Å²) in [4.78, 5) is 92.5. The lowest BCUT2D eigenvalue weighted by Gasteiger charge is -2.29. The number of ketones is 1. The van der Waals surface area contributed by atoms with Gasteiger partial charge in [0.2, 0.25) is 17.6 Å². The van der Waals surface area contributed by atoms with Crippen molar-refractivity contribution < 1.29 is 48.5 Å². The summed E-state index contributed by atoms with van der Waals surface area (Å²) in [5.41, 5.74) is 5.07. The van der Waals surface area contributed by atoms with Gasteiger partial charge in [0.1, 0.15) is 24.3 Å². The van der Waals surface area contributed by atoms with Crippen molar-refractivity contribution in [2.24, 2.45) is 5.73 Å². The van der Waals surface area contributed by atoms with Crippen molar-refractivity contribution in [3.05, 3.63) is 95.8 Å². The second kappa shape index (κ2) is 19.5. The molecule has 1 saturated heterocycles. The normalized spacial score (nSPS) is 16.1. The molecular formula is C40H47N9O10. The third-order valence-corrected chi connectivity index (χ3v) is 9.76. The fourth-order valence-corrected chi connectivity index (χ4v) is 6.74. The molecule has 0 bridgehead atoms. The Morgan fingerprint density at radius 2 is 1.63 bits per heavy atom. The Morgan fingerprint density at radius 3 is 2.32 bits per heavy atom. The molecule has 1 aliphatic heterocycles. The van der Waals surface area contributed by atoms with Crippen molar-refractivity contribution in [1.29, 1.82) is 0 Å². The number of hydrogen-bond donors (Lipinski definition) is 7. The van der Waals surface area contributed by atoms with E-state index in [0.717, 1.165) is 10.8 Å². The number of carbonyl (C=O) groups is 7. The average molecular weight is 814 g/mol. The first-order valence-corrected chi connectivity index (χ1v) is 18.9. The molecule has 0 aliphatic carbocycles. The first kappa shape index (κ1) is 43.2. The van der Waals surface area contributed by atoms with E-state index in [-0.39, 0.29) is 56.6 Å². The molecule has 59 heavy (non-hydrogen) atoms. The number of carbonyl (C=O) groups excluding carboxylic acids is 6. The number of fused-ring (bicyclic) bond motifs is 1. The topological polar surface area (TPSA) is 277 Å². The van der Waals surface area contributed by atoms with Gasteiger partial charge in [-0.05, 0) is 61.6 Å². The first-order chi connectivity index (χ1) is 28.1. The zero-order valence-electron chi connectivity index (χ0n) is 32.5. The van der Waals surface area contributed by atoms with Gasteiger partial charge in [0.25, 0.3) is 11.8 Å². The van der Waals surface area contributed by atoms with Crippen LogP contribution in [0.2, 0.25) is 0 Å². The lowest BCUT2D eigenvalue weighted by molar-refractivity contribution is -0.142. The number of unbranched alkanes of at least 4 members (excludes halogenated alkanes) is 1. The van der Waals surface area contributed by atoms with E-state index in [4.69, 9.17) is 15.6 Å². The summed E-state index contributed by atoms with van der Waals surface area (Å²) in [7, 11) is 0. The van der Waals surface area contributed by atoms with Crippen LogP contribution in [0.1, 0.15) is 67.2 Å². The third-order valence-electron chi connectivity index (χ3n) is 9.76. The minimum Gasteiger partial charge on any atom is -0.465 e. The van der Waals surface area contributed by atoms with Crippen molar-refractivity contribution in [3.63, 3.8) is 0 Å². The van der Waals surface area contributed by atoms with Crippen LogP contribution in [0, 0.1) is 0 Å². The number of nitrogens with two attached hydrogens (primary N) is 1. The summed E-state index contributed by atoms with van der Waals surface area (Å²) in [6, 6.07) is 16.2. The monoisotopic (exact) mass is 813 g/mol. The Labute approximate surface area is 338 Å². The van der Waals surface area contributed by atoms with Crippen molar-refractivity contribution >= 4 is 52.4 Å². The van der Waals surface area contributed by atoms with E-state index in [1.807, 2.05) is 24.3 Å². The predicted octanol–water partition coefficient (Wildman–Crippen LogP) is 1.50. The smallest absolute Gasteiger partial charge is 0.407 e. The second-order valence-corrected chi connectivity index (χ2v) is 14.6. The SMILES string of the molecule is CC(C)(O)c1cnnn1[C@H]1C[C@@H](C(=O)NC(CCCCNC(=O)O)C(=O)C(N)=O)N(C(=O)[C@@H](CNC(=O)OCc2ccccc2)NC(=O)c2ccc3ccccc3c2)C1. The second-order valence-electron chi connectivity index (χ2n) is 14.6. The van der Waals surface area contributed by atoms with Crippen LogP contribution in [0.5, 0.6) is 0 Å². The van der Waals surface area contributed by atoms with E-state index in [0.29, 0.717) is 5.56 Å². The highest BCUT2D eigenvalue weighted by Gasteiger charge is 2.45. The summed E-state index contributed by atoms with van der Waals surface area (Å²) in [5.74, 6) is -4.71. The molecule has 2 heterocycles. The number of rotatable bonds is 18. The quantitative estimate of drug-likeness (QED) is 0.0556. The highest BCUT2D eigenvalue weighted by molar-refractivity contribution is 6.37. The van der Waals surface area contributed by atoms with Gasteiger partial charge in [-0.15, -0.1) is 5.10 Å². The molecule has 8 N–H and O–H groups in total. The van der Waals surface area contributed by atoms with E-state index < -0.39 is 77.9 Å². The van der Waals surface area contributed by atoms with Crippen molar-refractivity contribution in [3.8, 4) is 0 Å². The zero-order chi connectivity index (χ0) is 42.7. The van der Waals surface area contributed by atoms with Crippen LogP contribution in [0.25, 0.3) is 10.8 Å². The van der Waals surface area contributed by atoms with Crippen molar-refractivity contribution in [2.45, 2.75) is 75.9 Å². The number of nitrogens with zero attached hydrogens (tertiary/aromatic N) is 4. The fraction of sp³-hybridized carbons (Fsp3) is 0.375. The number of Topliss-reactive ketones (excluding diaryl/α,β-unsaturated/α-hetero) is 1. The molecule has 6 amide bonds. The molecular weight excluding hydrogens is 766 g/mol. The zero-order valence-corrected chi connectivity index (χ0v) is 32.5. The molecule has 3 aromatic carbocycles. The molecule has 1 unspecified atom stereocenters. The van der Waals surface area contributed by atoms with Gasteiger partial charge in [-0.25, -0.2) is 14.3 Å². The molecule has 0 radical (unpaired) electrons. The summed E-state index contributed by atoms with van der Waals surface area (Å²) < 4.78 is 6.73. The van der Waals surface area contributed by atoms with Gasteiger partial charge in [-0.1, -0.05) is 65.9 Å². The van der Waals surface area contributed by atoms with Crippen LogP contribution >= 0.6 is 0 Å². The minimum atomic E-state index is -1.47. The number of hydrogen-bond acceptors (Lipinski definition) is 11. The maximum Gasteiger partial charge on any atom is 0.407 e. The molecule has 1 aliphatic rings. The van der Waals surface area contributed by atoms with Crippen LogP contribution in [0.4, 0.5) is 9.59 Å². The lowest BCUT2D eigenvalue weighted by Crippen LogP contribution is -2.58. The minimum absolute atomic E-state index is 0.0505. The van der Waals surface area contributed by atoms with Crippen molar-refractivity contribution in [1.82, 2.24) is 41.2 Å². The molecule has 0 spiro atoms. The molecule has 0 saturated carbocycles. The van der Waals surface area contributed by atoms with E-state index in [1.54, 1.807) is 48.5 Å². The van der Waals surface area contributed by atoms with Gasteiger partial charge in [0.15, 0.2) is 0 Å². The standard InChI is InChI=1S/C40H47N9O10/c1-40(2,58)32-21-44-47-49(32)28-19-31(36(53)45-29(33(50)34(41)51)14-8-9-17-42-38(55)56)48(22-28)37(54)30(20-43-39(57)59-23-24-10-4-3-5-11-24)46-35(52)27-16-15-25-12-6-7-13-26(25)18-27/h3-7,10-13,15-16,18,21,28-31,42,58H,8-9,14,17,19-20,22-23H2,1-2H3,(H2,41,51)(H,43,57)(H,45,53)(H,46,52)(H,55,56)/t28-,29?,30+,31-/m0/s1. The third kappa shape index (κ3) is 11.6. The van der Waals surface area contributed by atoms with Crippen molar-refractivity contribution in [2.75, 3.05) is 19.6 Å². The number of aromatic nitrogens is 3. The predicted molar refractivity (Wildman–Crippen MR) is 210 cm³/mol. The van der Waals surface area contributed by atoms with E-state index in [2.05, 4.69) is 31.6 Å². The number of aliphatic hydroxyl groups is 1. The average Bonchev–Trinajstić information content (AvgIpc) is 3.89. The van der Waals surface area contributed by atoms with Gasteiger partial charge in [0.05, 0.1) is 30.5 Å². The number of carboxylic acid groups (broad SMARTS) is 1.